The van der Waals surface area contributed by atoms with Crippen LogP contribution in [0.3, 0.4) is 0 Å². The highest BCUT2D eigenvalue weighted by molar-refractivity contribution is 6.44. The van der Waals surface area contributed by atoms with Crippen LogP contribution < -0.4 is 0 Å². The molecule has 0 saturated heterocycles. The molecule has 2 aromatic rings. The molecule has 0 radical (unpaired) electrons. The lowest BCUT2D eigenvalue weighted by Crippen LogP contribution is -1.72. The molecule has 0 aliphatic heterocycles. The van der Waals surface area contributed by atoms with E-state index in [2.05, 4.69) is 10.2 Å². The molecule has 1 N–H and O–H groups in total. The lowest BCUT2D eigenvalue weighted by Gasteiger charge is -2.01. The first kappa shape index (κ1) is 11.9. The molecule has 0 heterocycles. The molecule has 0 unspecified atom stereocenters. The maximum Gasteiger partial charge on any atom is 0.135 e. The number of halogens is 2. The molecule has 0 aromatic heterocycles. The van der Waals surface area contributed by atoms with Crippen LogP contribution in [-0.4, -0.2) is 5.11 Å². The van der Waals surface area contributed by atoms with Crippen LogP contribution in [0.5, 0.6) is 5.75 Å². The average molecular weight is 267 g/mol. The van der Waals surface area contributed by atoms with E-state index in [4.69, 9.17) is 23.2 Å². The van der Waals surface area contributed by atoms with Crippen LogP contribution in [0.1, 0.15) is 0 Å². The first-order chi connectivity index (χ1) is 8.18. The van der Waals surface area contributed by atoms with Crippen molar-refractivity contribution in [3.63, 3.8) is 0 Å². The highest BCUT2D eigenvalue weighted by Crippen LogP contribution is 2.38. The minimum atomic E-state index is -0.0738. The Labute approximate surface area is 108 Å². The van der Waals surface area contributed by atoms with Gasteiger partial charge in [-0.2, -0.15) is 5.11 Å². The third-order valence-corrected chi connectivity index (χ3v) is 2.93. The predicted molar refractivity (Wildman–Crippen MR) is 68.7 cm³/mol. The van der Waals surface area contributed by atoms with Crippen LogP contribution in [0.15, 0.2) is 52.7 Å². The normalized spacial score (nSPS) is 10.9. The summed E-state index contributed by atoms with van der Waals surface area (Å²) in [5, 5.41) is 17.6. The number of azo groups is 1. The molecule has 0 bridgehead atoms. The quantitative estimate of drug-likeness (QED) is 0.754. The molecule has 3 nitrogen and oxygen atoms in total. The zero-order valence-electron chi connectivity index (χ0n) is 8.64. The van der Waals surface area contributed by atoms with Crippen molar-refractivity contribution in [3.05, 3.63) is 52.5 Å². The second kappa shape index (κ2) is 5.17. The molecule has 86 valence electrons. The number of benzene rings is 2. The second-order valence-electron chi connectivity index (χ2n) is 3.27. The number of nitrogens with zero attached hydrogens (tertiary/aromatic N) is 2. The van der Waals surface area contributed by atoms with Crippen LogP contribution >= 0.6 is 23.2 Å². The van der Waals surface area contributed by atoms with Gasteiger partial charge in [-0.05, 0) is 24.3 Å². The van der Waals surface area contributed by atoms with Crippen molar-refractivity contribution in [2.24, 2.45) is 10.2 Å². The molecule has 0 aliphatic rings. The van der Waals surface area contributed by atoms with Crippen molar-refractivity contribution in [3.8, 4) is 5.75 Å². The highest BCUT2D eigenvalue weighted by Gasteiger charge is 2.08. The lowest BCUT2D eigenvalue weighted by molar-refractivity contribution is 0.475. The zero-order valence-corrected chi connectivity index (χ0v) is 10.2. The Morgan fingerprint density at radius 3 is 2.24 bits per heavy atom. The van der Waals surface area contributed by atoms with E-state index in [0.29, 0.717) is 11.4 Å². The number of aromatic hydroxyl groups is 1. The Morgan fingerprint density at radius 2 is 1.53 bits per heavy atom. The Balaban J connectivity index is 2.31. The average Bonchev–Trinajstić information content (AvgIpc) is 2.36. The molecule has 17 heavy (non-hydrogen) atoms. The van der Waals surface area contributed by atoms with E-state index in [1.165, 1.54) is 6.07 Å². The molecule has 2 rings (SSSR count). The molecule has 0 amide bonds. The van der Waals surface area contributed by atoms with Gasteiger partial charge in [-0.3, -0.25) is 0 Å². The summed E-state index contributed by atoms with van der Waals surface area (Å²) in [5.74, 6) is -0.0738. The van der Waals surface area contributed by atoms with Crippen molar-refractivity contribution >= 4 is 34.6 Å². The fourth-order valence-corrected chi connectivity index (χ4v) is 1.57. The molecule has 0 aliphatic carbocycles. The third kappa shape index (κ3) is 2.75. The maximum atomic E-state index is 9.32. The smallest absolute Gasteiger partial charge is 0.135 e. The highest BCUT2D eigenvalue weighted by atomic mass is 35.5. The fraction of sp³-hybridized carbons (Fsp3) is 0. The summed E-state index contributed by atoms with van der Waals surface area (Å²) < 4.78 is 0. The van der Waals surface area contributed by atoms with Gasteiger partial charge < -0.3 is 5.11 Å². The molecule has 2 aromatic carbocycles. The Hall–Kier alpha value is -1.58. The standard InChI is InChI=1S/C12H8Cl2N2O/c13-11-9(6-7-10(17)12(11)14)16-15-8-4-2-1-3-5-8/h1-7,17H. The molecule has 0 saturated carbocycles. The van der Waals surface area contributed by atoms with Gasteiger partial charge in [0.1, 0.15) is 16.5 Å². The minimum Gasteiger partial charge on any atom is -0.506 e. The molecule has 0 spiro atoms. The summed E-state index contributed by atoms with van der Waals surface area (Å²) in [4.78, 5) is 0. The fourth-order valence-electron chi connectivity index (χ4n) is 1.21. The topological polar surface area (TPSA) is 45.0 Å². The van der Waals surface area contributed by atoms with Crippen LogP contribution in [0.25, 0.3) is 0 Å². The molecular formula is C12H8Cl2N2O. The summed E-state index contributed by atoms with van der Waals surface area (Å²) in [6.07, 6.45) is 0. The van der Waals surface area contributed by atoms with E-state index in [9.17, 15) is 5.11 Å². The van der Waals surface area contributed by atoms with E-state index in [1.54, 1.807) is 6.07 Å². The minimum absolute atomic E-state index is 0.0738. The zero-order chi connectivity index (χ0) is 12.3. The van der Waals surface area contributed by atoms with Gasteiger partial charge in [0.15, 0.2) is 0 Å². The van der Waals surface area contributed by atoms with Gasteiger partial charge in [0.2, 0.25) is 0 Å². The van der Waals surface area contributed by atoms with E-state index < -0.39 is 0 Å². The van der Waals surface area contributed by atoms with Gasteiger partial charge in [0.25, 0.3) is 0 Å². The summed E-state index contributed by atoms with van der Waals surface area (Å²) in [6.45, 7) is 0. The summed E-state index contributed by atoms with van der Waals surface area (Å²) in [5.41, 5.74) is 1.13. The van der Waals surface area contributed by atoms with Crippen molar-refractivity contribution in [2.45, 2.75) is 0 Å². The summed E-state index contributed by atoms with van der Waals surface area (Å²) in [7, 11) is 0. The third-order valence-electron chi connectivity index (χ3n) is 2.07. The monoisotopic (exact) mass is 266 g/mol. The van der Waals surface area contributed by atoms with Gasteiger partial charge in [0.05, 0.1) is 10.7 Å². The largest absolute Gasteiger partial charge is 0.506 e. The van der Waals surface area contributed by atoms with E-state index in [-0.39, 0.29) is 15.8 Å². The van der Waals surface area contributed by atoms with Gasteiger partial charge in [-0.25, -0.2) is 0 Å². The first-order valence-electron chi connectivity index (χ1n) is 4.82. The number of hydrogen-bond donors (Lipinski definition) is 1. The van der Waals surface area contributed by atoms with Crippen molar-refractivity contribution in [2.75, 3.05) is 0 Å². The van der Waals surface area contributed by atoms with Crippen molar-refractivity contribution in [1.29, 1.82) is 0 Å². The Kier molecular flexibility index (Phi) is 3.61. The van der Waals surface area contributed by atoms with Crippen molar-refractivity contribution < 1.29 is 5.11 Å². The Morgan fingerprint density at radius 1 is 0.824 bits per heavy atom. The van der Waals surface area contributed by atoms with Gasteiger partial charge in [-0.15, -0.1) is 5.11 Å². The lowest BCUT2D eigenvalue weighted by atomic mass is 10.3. The van der Waals surface area contributed by atoms with Crippen LogP contribution in [0.4, 0.5) is 11.4 Å². The SMILES string of the molecule is Oc1ccc(N=Nc2ccccc2)c(Cl)c1Cl. The van der Waals surface area contributed by atoms with Crippen LogP contribution in [-0.2, 0) is 0 Å². The summed E-state index contributed by atoms with van der Waals surface area (Å²) in [6, 6.07) is 12.2. The van der Waals surface area contributed by atoms with Gasteiger partial charge >= 0.3 is 0 Å². The number of hydrogen-bond acceptors (Lipinski definition) is 3. The molecular weight excluding hydrogens is 259 g/mol. The second-order valence-corrected chi connectivity index (χ2v) is 4.02. The molecule has 0 fully saturated rings. The van der Waals surface area contributed by atoms with Crippen LogP contribution in [0, 0.1) is 0 Å². The van der Waals surface area contributed by atoms with Crippen LogP contribution in [0.2, 0.25) is 10.0 Å². The first-order valence-corrected chi connectivity index (χ1v) is 5.58. The predicted octanol–water partition coefficient (Wildman–Crippen LogP) is 5.11. The number of rotatable bonds is 2. The number of phenols is 1. The van der Waals surface area contributed by atoms with E-state index >= 15 is 0 Å². The van der Waals surface area contributed by atoms with E-state index in [0.717, 1.165) is 0 Å². The molecule has 0 atom stereocenters. The maximum absolute atomic E-state index is 9.32. The van der Waals surface area contributed by atoms with Gasteiger partial charge in [-0.1, -0.05) is 41.4 Å². The summed E-state index contributed by atoms with van der Waals surface area (Å²) >= 11 is 11.7. The Bertz CT molecular complexity index is 556. The van der Waals surface area contributed by atoms with E-state index in [1.807, 2.05) is 30.3 Å². The molecule has 5 heteroatoms. The number of phenolic OH excluding ortho intramolecular Hbond substituents is 1. The van der Waals surface area contributed by atoms with Crippen molar-refractivity contribution in [1.82, 2.24) is 0 Å². The van der Waals surface area contributed by atoms with Gasteiger partial charge in [0, 0.05) is 0 Å².